The van der Waals surface area contributed by atoms with Gasteiger partial charge in [0.15, 0.2) is 0 Å². The van der Waals surface area contributed by atoms with Gasteiger partial charge in [0.1, 0.15) is 11.9 Å². The zero-order chi connectivity index (χ0) is 10.3. The summed E-state index contributed by atoms with van der Waals surface area (Å²) in [5.41, 5.74) is 1.15. The molecule has 0 amide bonds. The Balaban J connectivity index is 2.07. The Bertz CT molecular complexity index is 441. The van der Waals surface area contributed by atoms with Gasteiger partial charge in [-0.25, -0.2) is 0 Å². The van der Waals surface area contributed by atoms with Crippen LogP contribution in [0.25, 0.3) is 0 Å². The summed E-state index contributed by atoms with van der Waals surface area (Å²) >= 11 is 2.35. The number of fused-ring (bicyclic) bond motifs is 2. The first kappa shape index (κ1) is 9.27. The largest absolute Gasteiger partial charge is 0.482 e. The van der Waals surface area contributed by atoms with Gasteiger partial charge < -0.3 is 7.85 Å². The van der Waals surface area contributed by atoms with E-state index in [-0.39, 0.29) is 6.10 Å². The molecule has 1 heterocycles. The average Bonchev–Trinajstić information content (AvgIpc) is 2.30. The fourth-order valence-corrected chi connectivity index (χ4v) is 2.83. The minimum atomic E-state index is 0.141. The van der Waals surface area contributed by atoms with Crippen LogP contribution in [0.3, 0.4) is 0 Å². The van der Waals surface area contributed by atoms with E-state index in [9.17, 15) is 0 Å². The molecular formula is C12H10INO. The molecule has 2 aliphatic rings. The zero-order valence-electron chi connectivity index (χ0n) is 8.01. The first-order chi connectivity index (χ1) is 7.36. The normalized spacial score (nSPS) is 26.9. The number of ether oxygens (including phenoxy) is 1. The van der Waals surface area contributed by atoms with Crippen molar-refractivity contribution in [1.82, 2.24) is 0 Å². The second kappa shape index (κ2) is 3.56. The highest BCUT2D eigenvalue weighted by atomic mass is 127. The van der Waals surface area contributed by atoms with Crippen LogP contribution < -0.4 is 7.85 Å². The van der Waals surface area contributed by atoms with Crippen LogP contribution in [-0.4, -0.2) is 12.1 Å². The molecule has 76 valence electrons. The summed E-state index contributed by atoms with van der Waals surface area (Å²) < 4.78 is 8.16. The molecule has 0 radical (unpaired) electrons. The fraction of sp³-hybridized carbons (Fsp3) is 0.167. The predicted octanol–water partition coefficient (Wildman–Crippen LogP) is 3.10. The van der Waals surface area contributed by atoms with Crippen molar-refractivity contribution in [2.75, 3.05) is 3.11 Å². The van der Waals surface area contributed by atoms with Crippen molar-refractivity contribution in [3.8, 4) is 5.75 Å². The zero-order valence-corrected chi connectivity index (χ0v) is 10.2. The summed E-state index contributed by atoms with van der Waals surface area (Å²) in [5.74, 6) is 0.966. The summed E-state index contributed by atoms with van der Waals surface area (Å²) in [6, 6.07) is 8.46. The number of rotatable bonds is 0. The van der Waals surface area contributed by atoms with E-state index in [2.05, 4.69) is 50.3 Å². The van der Waals surface area contributed by atoms with Crippen molar-refractivity contribution in [2.45, 2.75) is 12.1 Å². The Hall–Kier alpha value is -0.970. The topological polar surface area (TPSA) is 12.5 Å². The molecule has 0 saturated carbocycles. The fourth-order valence-electron chi connectivity index (χ4n) is 1.93. The maximum atomic E-state index is 5.92. The highest BCUT2D eigenvalue weighted by molar-refractivity contribution is 14.1. The Labute approximate surface area is 103 Å². The lowest BCUT2D eigenvalue weighted by atomic mass is 10.0. The van der Waals surface area contributed by atoms with E-state index >= 15 is 0 Å². The van der Waals surface area contributed by atoms with Crippen molar-refractivity contribution >= 4 is 28.6 Å². The molecule has 0 bridgehead atoms. The summed E-state index contributed by atoms with van der Waals surface area (Å²) in [6.45, 7) is 0. The van der Waals surface area contributed by atoms with Crippen molar-refractivity contribution in [2.24, 2.45) is 0 Å². The van der Waals surface area contributed by atoms with Crippen LogP contribution in [0.4, 0.5) is 5.69 Å². The molecule has 3 rings (SSSR count). The van der Waals surface area contributed by atoms with Gasteiger partial charge in [-0.3, -0.25) is 0 Å². The summed E-state index contributed by atoms with van der Waals surface area (Å²) in [6.07, 6.45) is 8.53. The van der Waals surface area contributed by atoms with Gasteiger partial charge in [-0.2, -0.15) is 0 Å². The van der Waals surface area contributed by atoms with Crippen LogP contribution in [0.2, 0.25) is 0 Å². The lowest BCUT2D eigenvalue weighted by molar-refractivity contribution is 0.224. The molecular weight excluding hydrogens is 301 g/mol. The first-order valence-corrected chi connectivity index (χ1v) is 5.88. The van der Waals surface area contributed by atoms with Gasteiger partial charge in [0, 0.05) is 0 Å². The second-order valence-corrected chi connectivity index (χ2v) is 4.66. The average molecular weight is 311 g/mol. The van der Waals surface area contributed by atoms with Gasteiger partial charge in [0.2, 0.25) is 0 Å². The van der Waals surface area contributed by atoms with Crippen LogP contribution in [0.5, 0.6) is 5.75 Å². The van der Waals surface area contributed by atoms with Gasteiger partial charge >= 0.3 is 0 Å². The molecule has 1 aromatic rings. The third kappa shape index (κ3) is 1.45. The standard InChI is InChI=1S/C12H10INO/c13-14-9-5-1-3-7-11(9)15-12-8-4-2-6-10(12)14/h1-9,11H/t9?,11-/m1/s1. The van der Waals surface area contributed by atoms with E-state index in [0.717, 1.165) is 11.4 Å². The summed E-state index contributed by atoms with van der Waals surface area (Å²) in [5, 5.41) is 0. The van der Waals surface area contributed by atoms with E-state index in [0.29, 0.717) is 6.04 Å². The third-order valence-electron chi connectivity index (χ3n) is 2.68. The molecule has 0 fully saturated rings. The number of nitrogens with zero attached hydrogens (tertiary/aromatic N) is 1. The van der Waals surface area contributed by atoms with Crippen LogP contribution in [0.1, 0.15) is 0 Å². The van der Waals surface area contributed by atoms with Crippen molar-refractivity contribution < 1.29 is 4.74 Å². The van der Waals surface area contributed by atoms with Gasteiger partial charge in [-0.05, 0) is 18.2 Å². The predicted molar refractivity (Wildman–Crippen MR) is 69.4 cm³/mol. The minimum Gasteiger partial charge on any atom is -0.482 e. The molecule has 0 aromatic heterocycles. The Morgan fingerprint density at radius 3 is 2.87 bits per heavy atom. The number of para-hydroxylation sites is 2. The van der Waals surface area contributed by atoms with Crippen LogP contribution in [0, 0.1) is 0 Å². The van der Waals surface area contributed by atoms with E-state index in [1.165, 1.54) is 0 Å². The van der Waals surface area contributed by atoms with E-state index < -0.39 is 0 Å². The minimum absolute atomic E-state index is 0.141. The van der Waals surface area contributed by atoms with Crippen molar-refractivity contribution in [1.29, 1.82) is 0 Å². The Kier molecular flexibility index (Phi) is 2.20. The molecule has 0 N–H and O–H groups in total. The maximum absolute atomic E-state index is 5.92. The van der Waals surface area contributed by atoms with Crippen LogP contribution >= 0.6 is 22.9 Å². The smallest absolute Gasteiger partial charge is 0.144 e. The molecule has 2 atom stereocenters. The molecule has 1 aliphatic heterocycles. The molecule has 1 aromatic carbocycles. The maximum Gasteiger partial charge on any atom is 0.144 e. The van der Waals surface area contributed by atoms with Crippen LogP contribution in [-0.2, 0) is 0 Å². The van der Waals surface area contributed by atoms with Crippen molar-refractivity contribution in [3.05, 3.63) is 48.6 Å². The van der Waals surface area contributed by atoms with E-state index in [1.54, 1.807) is 0 Å². The lowest BCUT2D eigenvalue weighted by Crippen LogP contribution is -2.43. The third-order valence-corrected chi connectivity index (χ3v) is 3.84. The van der Waals surface area contributed by atoms with Gasteiger partial charge in [0.25, 0.3) is 0 Å². The first-order valence-electron chi connectivity index (χ1n) is 4.92. The highest BCUT2D eigenvalue weighted by Crippen LogP contribution is 2.39. The number of anilines is 1. The monoisotopic (exact) mass is 311 g/mol. The SMILES string of the molecule is IN1c2ccccc2O[C@@H]2C=CC=CC21. The Morgan fingerprint density at radius 2 is 1.93 bits per heavy atom. The second-order valence-electron chi connectivity index (χ2n) is 3.62. The van der Waals surface area contributed by atoms with Crippen LogP contribution in [0.15, 0.2) is 48.6 Å². The lowest BCUT2D eigenvalue weighted by Gasteiger charge is -2.38. The molecule has 15 heavy (non-hydrogen) atoms. The Morgan fingerprint density at radius 1 is 1.13 bits per heavy atom. The van der Waals surface area contributed by atoms with Crippen molar-refractivity contribution in [3.63, 3.8) is 0 Å². The number of hydrogen-bond donors (Lipinski definition) is 0. The number of allylic oxidation sites excluding steroid dienone is 2. The van der Waals surface area contributed by atoms with Gasteiger partial charge in [-0.15, -0.1) is 0 Å². The summed E-state index contributed by atoms with van der Waals surface area (Å²) in [4.78, 5) is 0. The highest BCUT2D eigenvalue weighted by Gasteiger charge is 2.32. The quantitative estimate of drug-likeness (QED) is 0.539. The van der Waals surface area contributed by atoms with Gasteiger partial charge in [0.05, 0.1) is 34.6 Å². The summed E-state index contributed by atoms with van der Waals surface area (Å²) in [7, 11) is 0. The number of benzene rings is 1. The van der Waals surface area contributed by atoms with E-state index in [4.69, 9.17) is 4.74 Å². The van der Waals surface area contributed by atoms with Gasteiger partial charge in [-0.1, -0.05) is 30.4 Å². The molecule has 0 saturated heterocycles. The molecule has 1 aliphatic carbocycles. The molecule has 2 nitrogen and oxygen atoms in total. The molecule has 0 spiro atoms. The van der Waals surface area contributed by atoms with E-state index in [1.807, 2.05) is 24.3 Å². The molecule has 3 heteroatoms. The number of halogens is 1. The number of hydrogen-bond acceptors (Lipinski definition) is 2. The molecule has 1 unspecified atom stereocenters.